The van der Waals surface area contributed by atoms with Crippen LogP contribution in [0.2, 0.25) is 0 Å². The second kappa shape index (κ2) is 5.12. The number of aromatic amines is 1. The molecule has 3 saturated carbocycles. The molecular weight excluding hydrogens is 328 g/mol. The van der Waals surface area contributed by atoms with Crippen molar-refractivity contribution in [3.63, 3.8) is 0 Å². The van der Waals surface area contributed by atoms with Gasteiger partial charge in [-0.25, -0.2) is 0 Å². The number of H-pyrrole nitrogens is 1. The van der Waals surface area contributed by atoms with Gasteiger partial charge in [-0.2, -0.15) is 5.10 Å². The first-order chi connectivity index (χ1) is 12.2. The van der Waals surface area contributed by atoms with Gasteiger partial charge in [-0.15, -0.1) is 0 Å². The van der Waals surface area contributed by atoms with Crippen LogP contribution in [0.1, 0.15) is 57.7 Å². The second-order valence-corrected chi connectivity index (χ2v) is 10.4. The summed E-state index contributed by atoms with van der Waals surface area (Å²) in [6, 6.07) is 0. The number of hydrogen-bond donors (Lipinski definition) is 4. The number of aromatic nitrogens is 2. The van der Waals surface area contributed by atoms with Crippen molar-refractivity contribution in [3.05, 3.63) is 17.5 Å². The zero-order valence-electron chi connectivity index (χ0n) is 16.1. The summed E-state index contributed by atoms with van der Waals surface area (Å²) in [5, 5.41) is 40.7. The predicted octanol–water partition coefficient (Wildman–Crippen LogP) is 2.06. The summed E-state index contributed by atoms with van der Waals surface area (Å²) in [6.45, 7) is 6.52. The van der Waals surface area contributed by atoms with Crippen LogP contribution in [0, 0.1) is 34.5 Å². The van der Waals surface area contributed by atoms with E-state index in [0.717, 1.165) is 44.2 Å². The smallest absolute Gasteiger partial charge is 0.0839 e. The molecule has 4 N–H and O–H groups in total. The van der Waals surface area contributed by atoms with Crippen molar-refractivity contribution in [2.75, 3.05) is 0 Å². The first kappa shape index (κ1) is 17.2. The molecule has 5 nitrogen and oxygen atoms in total. The molecule has 26 heavy (non-hydrogen) atoms. The van der Waals surface area contributed by atoms with Crippen molar-refractivity contribution in [1.82, 2.24) is 10.2 Å². The summed E-state index contributed by atoms with van der Waals surface area (Å²) in [5.41, 5.74) is 1.55. The summed E-state index contributed by atoms with van der Waals surface area (Å²) in [4.78, 5) is 0. The SMILES string of the molecule is CC12Cc3cn[nH]c3CC1C(O)C(O)C1C2CCC2(C)C1CCC2(C)O. The Bertz CT molecular complexity index is 731. The molecule has 0 bridgehead atoms. The van der Waals surface area contributed by atoms with Gasteiger partial charge in [-0.3, -0.25) is 5.10 Å². The second-order valence-electron chi connectivity index (χ2n) is 10.4. The monoisotopic (exact) mass is 360 g/mol. The maximum atomic E-state index is 11.2. The normalized spacial score (nSPS) is 55.6. The average Bonchev–Trinajstić information content (AvgIpc) is 3.12. The lowest BCUT2D eigenvalue weighted by atomic mass is 9.43. The van der Waals surface area contributed by atoms with Crippen molar-refractivity contribution < 1.29 is 15.3 Å². The van der Waals surface area contributed by atoms with Crippen LogP contribution in [0.25, 0.3) is 0 Å². The zero-order valence-corrected chi connectivity index (χ0v) is 16.1. The van der Waals surface area contributed by atoms with Crippen LogP contribution in [0.3, 0.4) is 0 Å². The molecule has 4 aliphatic rings. The standard InChI is InChI=1S/C21H32N2O3/c1-19-9-11-10-22-23-15(11)8-14(19)17(24)18(25)16-12(19)4-6-20(2)13(16)5-7-21(20,3)26/h10,12-14,16-18,24-26H,4-9H2,1-3H3,(H,22,23). The van der Waals surface area contributed by atoms with Gasteiger partial charge in [0, 0.05) is 5.69 Å². The predicted molar refractivity (Wildman–Crippen MR) is 97.3 cm³/mol. The Morgan fingerprint density at radius 3 is 2.54 bits per heavy atom. The van der Waals surface area contributed by atoms with Crippen LogP contribution in [-0.2, 0) is 12.8 Å². The number of nitrogens with zero attached hydrogens (tertiary/aromatic N) is 1. The molecule has 5 rings (SSSR count). The van der Waals surface area contributed by atoms with Crippen molar-refractivity contribution >= 4 is 0 Å². The molecule has 9 unspecified atom stereocenters. The van der Waals surface area contributed by atoms with Gasteiger partial charge < -0.3 is 15.3 Å². The molecule has 9 atom stereocenters. The van der Waals surface area contributed by atoms with E-state index in [4.69, 9.17) is 0 Å². The fraction of sp³-hybridized carbons (Fsp3) is 0.857. The molecule has 0 spiro atoms. The minimum absolute atomic E-state index is 0.0179. The van der Waals surface area contributed by atoms with Crippen LogP contribution >= 0.6 is 0 Å². The highest BCUT2D eigenvalue weighted by molar-refractivity contribution is 5.27. The molecule has 144 valence electrons. The summed E-state index contributed by atoms with van der Waals surface area (Å²) in [7, 11) is 0. The molecule has 5 heteroatoms. The van der Waals surface area contributed by atoms with Gasteiger partial charge in [-0.1, -0.05) is 13.8 Å². The van der Waals surface area contributed by atoms with Crippen LogP contribution in [0.15, 0.2) is 6.20 Å². The fourth-order valence-electron chi connectivity index (χ4n) is 7.73. The van der Waals surface area contributed by atoms with E-state index in [1.54, 1.807) is 0 Å². The Balaban J connectivity index is 1.58. The van der Waals surface area contributed by atoms with Crippen molar-refractivity contribution in [1.29, 1.82) is 0 Å². The highest BCUT2D eigenvalue weighted by Gasteiger charge is 2.67. The van der Waals surface area contributed by atoms with Gasteiger partial charge in [0.25, 0.3) is 0 Å². The Morgan fingerprint density at radius 2 is 1.77 bits per heavy atom. The Labute approximate surface area is 155 Å². The Hall–Kier alpha value is -0.910. The molecule has 3 fully saturated rings. The van der Waals surface area contributed by atoms with Gasteiger partial charge >= 0.3 is 0 Å². The van der Waals surface area contributed by atoms with E-state index in [2.05, 4.69) is 24.0 Å². The number of hydrogen-bond acceptors (Lipinski definition) is 4. The lowest BCUT2D eigenvalue weighted by Crippen LogP contribution is -2.65. The molecule has 0 aliphatic heterocycles. The third-order valence-electron chi connectivity index (χ3n) is 9.55. The maximum absolute atomic E-state index is 11.2. The van der Waals surface area contributed by atoms with Crippen molar-refractivity contribution in [2.45, 2.75) is 77.1 Å². The lowest BCUT2D eigenvalue weighted by Gasteiger charge is -2.63. The molecule has 1 aromatic heterocycles. The van der Waals surface area contributed by atoms with Gasteiger partial charge in [0.2, 0.25) is 0 Å². The van der Waals surface area contributed by atoms with E-state index in [0.29, 0.717) is 5.92 Å². The molecular formula is C21H32N2O3. The van der Waals surface area contributed by atoms with Gasteiger partial charge in [0.15, 0.2) is 0 Å². The van der Waals surface area contributed by atoms with E-state index in [9.17, 15) is 15.3 Å². The Morgan fingerprint density at radius 1 is 1.04 bits per heavy atom. The number of nitrogens with one attached hydrogen (secondary N) is 1. The summed E-state index contributed by atoms with van der Waals surface area (Å²) in [6.07, 6.45) is 6.02. The largest absolute Gasteiger partial charge is 0.390 e. The number of rotatable bonds is 0. The molecule has 1 aromatic rings. The van der Waals surface area contributed by atoms with Gasteiger partial charge in [-0.05, 0) is 85.5 Å². The molecule has 1 heterocycles. The molecule has 0 aromatic carbocycles. The van der Waals surface area contributed by atoms with E-state index >= 15 is 0 Å². The molecule has 4 aliphatic carbocycles. The number of aliphatic hydroxyl groups excluding tert-OH is 2. The van der Waals surface area contributed by atoms with E-state index < -0.39 is 17.8 Å². The maximum Gasteiger partial charge on any atom is 0.0839 e. The first-order valence-electron chi connectivity index (χ1n) is 10.3. The summed E-state index contributed by atoms with van der Waals surface area (Å²) >= 11 is 0. The molecule has 0 radical (unpaired) electrons. The topological polar surface area (TPSA) is 89.4 Å². The quantitative estimate of drug-likeness (QED) is 0.570. The van der Waals surface area contributed by atoms with Crippen LogP contribution in [0.4, 0.5) is 0 Å². The summed E-state index contributed by atoms with van der Waals surface area (Å²) < 4.78 is 0. The van der Waals surface area contributed by atoms with E-state index in [1.807, 2.05) is 13.1 Å². The lowest BCUT2D eigenvalue weighted by molar-refractivity contribution is -0.217. The third kappa shape index (κ3) is 1.90. The number of fused-ring (bicyclic) bond motifs is 6. The third-order valence-corrected chi connectivity index (χ3v) is 9.55. The van der Waals surface area contributed by atoms with Crippen LogP contribution in [-0.4, -0.2) is 43.3 Å². The van der Waals surface area contributed by atoms with Crippen molar-refractivity contribution in [3.8, 4) is 0 Å². The highest BCUT2D eigenvalue weighted by atomic mass is 16.3. The number of aliphatic hydroxyl groups is 3. The zero-order chi connectivity index (χ0) is 18.5. The van der Waals surface area contributed by atoms with Crippen molar-refractivity contribution in [2.24, 2.45) is 34.5 Å². The summed E-state index contributed by atoms with van der Waals surface area (Å²) in [5.74, 6) is 0.816. The fourth-order valence-corrected chi connectivity index (χ4v) is 7.73. The minimum atomic E-state index is -0.703. The minimum Gasteiger partial charge on any atom is -0.390 e. The Kier molecular flexibility index (Phi) is 3.39. The molecule has 0 amide bonds. The first-order valence-corrected chi connectivity index (χ1v) is 10.3. The average molecular weight is 360 g/mol. The van der Waals surface area contributed by atoms with E-state index in [1.165, 1.54) is 5.56 Å². The van der Waals surface area contributed by atoms with Crippen LogP contribution < -0.4 is 0 Å². The van der Waals surface area contributed by atoms with Gasteiger partial charge in [0.05, 0.1) is 24.0 Å². The molecule has 0 saturated heterocycles. The van der Waals surface area contributed by atoms with Crippen LogP contribution in [0.5, 0.6) is 0 Å². The highest BCUT2D eigenvalue weighted by Crippen LogP contribution is 2.67. The van der Waals surface area contributed by atoms with E-state index in [-0.39, 0.29) is 28.6 Å². The van der Waals surface area contributed by atoms with Gasteiger partial charge in [0.1, 0.15) is 0 Å².